The van der Waals surface area contributed by atoms with E-state index >= 15 is 0 Å². The van der Waals surface area contributed by atoms with Crippen LogP contribution >= 0.6 is 34.8 Å². The van der Waals surface area contributed by atoms with Gasteiger partial charge in [-0.1, -0.05) is 79.8 Å². The van der Waals surface area contributed by atoms with Gasteiger partial charge in [-0.2, -0.15) is 0 Å². The lowest BCUT2D eigenvalue weighted by Gasteiger charge is -2.44. The third-order valence-electron chi connectivity index (χ3n) is 7.79. The van der Waals surface area contributed by atoms with Crippen molar-refractivity contribution in [3.05, 3.63) is 65.4 Å². The van der Waals surface area contributed by atoms with Crippen molar-refractivity contribution >= 4 is 72.7 Å². The molecule has 4 rings (SSSR count). The van der Waals surface area contributed by atoms with E-state index in [0.29, 0.717) is 23.4 Å². The number of nitrogens with zero attached hydrogens (tertiary/aromatic N) is 2. The second-order valence-corrected chi connectivity index (χ2v) is 18.8. The van der Waals surface area contributed by atoms with Crippen LogP contribution in [0.5, 0.6) is 5.75 Å². The Balaban J connectivity index is 1.89. The van der Waals surface area contributed by atoms with Gasteiger partial charge in [0.15, 0.2) is 14.5 Å². The molecule has 2 aliphatic rings. The molecule has 2 aliphatic heterocycles. The van der Waals surface area contributed by atoms with E-state index in [-0.39, 0.29) is 16.5 Å². The molecule has 0 saturated carbocycles. The SMILES string of the molecule is COc1ccc2c(c1)C(=O)N1C=C(c3ccc(C=O)cc3)C[C@H]1[C@H](O[Si](C)(C)C(C)(C)C)N2C(=O)OCC(Cl)(Cl)Cl. The Kier molecular flexibility index (Phi) is 8.88. The maximum Gasteiger partial charge on any atom is 0.416 e. The van der Waals surface area contributed by atoms with E-state index < -0.39 is 37.1 Å². The first-order chi connectivity index (χ1) is 19.1. The molecule has 0 saturated heterocycles. The van der Waals surface area contributed by atoms with Crippen LogP contribution in [0.3, 0.4) is 0 Å². The molecule has 0 unspecified atom stereocenters. The molecule has 0 bridgehead atoms. The zero-order chi connectivity index (χ0) is 30.3. The first-order valence-corrected chi connectivity index (χ1v) is 17.1. The lowest BCUT2D eigenvalue weighted by Crippen LogP contribution is -2.58. The molecule has 0 radical (unpaired) electrons. The zero-order valence-corrected chi connectivity index (χ0v) is 27.0. The fourth-order valence-corrected chi connectivity index (χ4v) is 5.94. The molecule has 2 amide bonds. The Bertz CT molecular complexity index is 1370. The lowest BCUT2D eigenvalue weighted by atomic mass is 10.0. The highest BCUT2D eigenvalue weighted by molar-refractivity contribution is 6.74. The molecule has 2 heterocycles. The minimum atomic E-state index is -2.55. The molecule has 220 valence electrons. The molecule has 2 atom stereocenters. The zero-order valence-electron chi connectivity index (χ0n) is 23.7. The summed E-state index contributed by atoms with van der Waals surface area (Å²) in [5, 5.41) is -0.219. The van der Waals surface area contributed by atoms with Gasteiger partial charge in [0.25, 0.3) is 5.91 Å². The second-order valence-electron chi connectivity index (χ2n) is 11.6. The van der Waals surface area contributed by atoms with Gasteiger partial charge in [0.05, 0.1) is 24.4 Å². The molecule has 8 nitrogen and oxygen atoms in total. The number of ether oxygens (including phenoxy) is 2. The van der Waals surface area contributed by atoms with Gasteiger partial charge in [-0.05, 0) is 53.9 Å². The van der Waals surface area contributed by atoms with E-state index in [2.05, 4.69) is 33.9 Å². The summed E-state index contributed by atoms with van der Waals surface area (Å²) in [5.41, 5.74) is 2.77. The molecule has 12 heteroatoms. The van der Waals surface area contributed by atoms with Crippen molar-refractivity contribution in [2.45, 2.75) is 61.4 Å². The summed E-state index contributed by atoms with van der Waals surface area (Å²) < 4.78 is 16.0. The molecular formula is C29H33Cl3N2O6Si. The smallest absolute Gasteiger partial charge is 0.416 e. The van der Waals surface area contributed by atoms with Crippen molar-refractivity contribution in [1.82, 2.24) is 4.90 Å². The van der Waals surface area contributed by atoms with Crippen LogP contribution < -0.4 is 9.64 Å². The highest BCUT2D eigenvalue weighted by atomic mass is 35.6. The van der Waals surface area contributed by atoms with E-state index in [0.717, 1.165) is 17.4 Å². The molecule has 0 aromatic heterocycles. The predicted octanol–water partition coefficient (Wildman–Crippen LogP) is 7.44. The average molecular weight is 640 g/mol. The summed E-state index contributed by atoms with van der Waals surface area (Å²) in [6.07, 6.45) is 1.19. The number of anilines is 1. The lowest BCUT2D eigenvalue weighted by molar-refractivity contribution is 0.0585. The minimum absolute atomic E-state index is 0.219. The van der Waals surface area contributed by atoms with E-state index in [1.807, 2.05) is 12.1 Å². The van der Waals surface area contributed by atoms with E-state index in [4.69, 9.17) is 48.7 Å². The van der Waals surface area contributed by atoms with Crippen LogP contribution in [0.1, 0.15) is 53.5 Å². The van der Waals surface area contributed by atoms with Gasteiger partial charge in [-0.25, -0.2) is 9.69 Å². The summed E-state index contributed by atoms with van der Waals surface area (Å²) in [6, 6.07) is 11.4. The van der Waals surface area contributed by atoms with Gasteiger partial charge in [-0.3, -0.25) is 9.59 Å². The number of carbonyl (C=O) groups is 3. The Morgan fingerprint density at radius 1 is 1.10 bits per heavy atom. The van der Waals surface area contributed by atoms with Crippen LogP contribution in [0.2, 0.25) is 18.1 Å². The number of rotatable bonds is 6. The molecule has 2 aromatic rings. The number of fused-ring (bicyclic) bond motifs is 2. The normalized spacial score (nSPS) is 19.2. The van der Waals surface area contributed by atoms with Crippen LogP contribution in [-0.2, 0) is 9.16 Å². The van der Waals surface area contributed by atoms with Gasteiger partial charge in [-0.15, -0.1) is 0 Å². The van der Waals surface area contributed by atoms with Crippen LogP contribution in [0.4, 0.5) is 10.5 Å². The molecule has 41 heavy (non-hydrogen) atoms. The Morgan fingerprint density at radius 3 is 2.32 bits per heavy atom. The summed E-state index contributed by atoms with van der Waals surface area (Å²) in [5.74, 6) is 0.115. The Hall–Kier alpha value is -2.56. The van der Waals surface area contributed by atoms with Crippen molar-refractivity contribution in [1.29, 1.82) is 0 Å². The molecule has 2 aromatic carbocycles. The number of methoxy groups -OCH3 is 1. The Labute approximate surface area is 256 Å². The first kappa shape index (κ1) is 31.4. The summed E-state index contributed by atoms with van der Waals surface area (Å²) in [6.45, 7) is 9.93. The van der Waals surface area contributed by atoms with Gasteiger partial charge in [0.2, 0.25) is 3.79 Å². The highest BCUT2D eigenvalue weighted by Crippen LogP contribution is 2.45. The van der Waals surface area contributed by atoms with Crippen molar-refractivity contribution < 1.29 is 28.3 Å². The topological polar surface area (TPSA) is 85.4 Å². The minimum Gasteiger partial charge on any atom is -0.497 e. The number of alkyl halides is 3. The van der Waals surface area contributed by atoms with Gasteiger partial charge >= 0.3 is 6.09 Å². The van der Waals surface area contributed by atoms with E-state index in [9.17, 15) is 14.4 Å². The number of aldehydes is 1. The van der Waals surface area contributed by atoms with Gasteiger partial charge in [0, 0.05) is 11.8 Å². The number of benzene rings is 2. The molecule has 0 fully saturated rings. The monoisotopic (exact) mass is 638 g/mol. The number of carbonyl (C=O) groups excluding carboxylic acids is 3. The van der Waals surface area contributed by atoms with Crippen molar-refractivity contribution in [3.63, 3.8) is 0 Å². The van der Waals surface area contributed by atoms with E-state index in [1.165, 1.54) is 12.0 Å². The predicted molar refractivity (Wildman–Crippen MR) is 164 cm³/mol. The number of amides is 2. The third kappa shape index (κ3) is 6.59. The quantitative estimate of drug-likeness (QED) is 0.186. The molecular weight excluding hydrogens is 607 g/mol. The summed E-state index contributed by atoms with van der Waals surface area (Å²) in [7, 11) is -1.05. The maximum atomic E-state index is 14.2. The summed E-state index contributed by atoms with van der Waals surface area (Å²) in [4.78, 5) is 42.2. The highest BCUT2D eigenvalue weighted by Gasteiger charge is 2.50. The standard InChI is InChI=1S/C29H33Cl3N2O6Si/c1-28(2,3)41(5,6)40-26-24-13-20(19-9-7-18(16-35)8-10-19)15-33(24)25(36)22-14-21(38-4)11-12-23(22)34(26)27(37)39-17-29(30,31)32/h7-12,14-16,24,26H,13,17H2,1-6H3/t24-,26-/m0/s1. The van der Waals surface area contributed by atoms with Crippen LogP contribution in [0, 0.1) is 0 Å². The Morgan fingerprint density at radius 2 is 1.76 bits per heavy atom. The van der Waals surface area contributed by atoms with Gasteiger partial charge < -0.3 is 18.8 Å². The number of hydrogen-bond acceptors (Lipinski definition) is 6. The maximum absolute atomic E-state index is 14.2. The van der Waals surface area contributed by atoms with Crippen molar-refractivity contribution in [3.8, 4) is 5.75 Å². The van der Waals surface area contributed by atoms with Crippen molar-refractivity contribution in [2.75, 3.05) is 18.6 Å². The van der Waals surface area contributed by atoms with Gasteiger partial charge in [0.1, 0.15) is 18.6 Å². The largest absolute Gasteiger partial charge is 0.497 e. The molecule has 0 N–H and O–H groups in total. The third-order valence-corrected chi connectivity index (χ3v) is 12.6. The molecule has 0 aliphatic carbocycles. The van der Waals surface area contributed by atoms with Crippen LogP contribution in [-0.4, -0.2) is 61.3 Å². The fourth-order valence-electron chi connectivity index (χ4n) is 4.55. The average Bonchev–Trinajstić information content (AvgIpc) is 3.32. The van der Waals surface area contributed by atoms with Crippen LogP contribution in [0.15, 0.2) is 48.7 Å². The number of halogens is 3. The van der Waals surface area contributed by atoms with E-state index in [1.54, 1.807) is 41.4 Å². The first-order valence-electron chi connectivity index (χ1n) is 13.0. The fraction of sp³-hybridized carbons (Fsp3) is 0.414. The van der Waals surface area contributed by atoms with Crippen molar-refractivity contribution in [2.24, 2.45) is 0 Å². The van der Waals surface area contributed by atoms with Crippen LogP contribution in [0.25, 0.3) is 5.57 Å². The summed E-state index contributed by atoms with van der Waals surface area (Å²) >= 11 is 17.7. The second kappa shape index (κ2) is 11.6. The number of hydrogen-bond donors (Lipinski definition) is 0. The molecule has 0 spiro atoms.